The molecule has 2 aromatic heterocycles. The molecule has 90 valence electrons. The molecule has 1 aromatic carbocycles. The Labute approximate surface area is 107 Å². The molecule has 0 radical (unpaired) electrons. The Morgan fingerprint density at radius 3 is 3.06 bits per heavy atom. The molecule has 1 N–H and O–H groups in total. The number of rotatable bonds is 2. The summed E-state index contributed by atoms with van der Waals surface area (Å²) in [6, 6.07) is 7.20. The number of amides is 1. The topological polar surface area (TPSA) is 59.8 Å². The SMILES string of the molecule is Cn1ccc(NC(=O)c2ccc3ncsc3c2)n1. The second kappa shape index (κ2) is 4.23. The highest BCUT2D eigenvalue weighted by Crippen LogP contribution is 2.19. The Morgan fingerprint density at radius 1 is 1.39 bits per heavy atom. The van der Waals surface area contributed by atoms with Crippen LogP contribution in [0.25, 0.3) is 10.2 Å². The van der Waals surface area contributed by atoms with Crippen molar-refractivity contribution in [2.24, 2.45) is 7.05 Å². The average molecular weight is 258 g/mol. The standard InChI is InChI=1S/C12H10N4OS/c1-16-5-4-11(15-16)14-12(17)8-2-3-9-10(6-8)18-7-13-9/h2-7H,1H3,(H,14,15,17). The van der Waals surface area contributed by atoms with Gasteiger partial charge in [0.25, 0.3) is 5.91 Å². The van der Waals surface area contributed by atoms with E-state index in [1.165, 1.54) is 11.3 Å². The van der Waals surface area contributed by atoms with Gasteiger partial charge < -0.3 is 5.32 Å². The molecule has 18 heavy (non-hydrogen) atoms. The normalized spacial score (nSPS) is 10.7. The van der Waals surface area contributed by atoms with Crippen molar-refractivity contribution < 1.29 is 4.79 Å². The van der Waals surface area contributed by atoms with Crippen LogP contribution in [-0.2, 0) is 7.05 Å². The second-order valence-corrected chi connectivity index (χ2v) is 4.75. The molecule has 0 aliphatic rings. The van der Waals surface area contributed by atoms with Crippen molar-refractivity contribution in [3.63, 3.8) is 0 Å². The van der Waals surface area contributed by atoms with E-state index >= 15 is 0 Å². The number of nitrogens with zero attached hydrogens (tertiary/aromatic N) is 3. The van der Waals surface area contributed by atoms with E-state index in [1.807, 2.05) is 12.1 Å². The fourth-order valence-electron chi connectivity index (χ4n) is 1.67. The highest BCUT2D eigenvalue weighted by molar-refractivity contribution is 7.16. The molecule has 0 spiro atoms. The Hall–Kier alpha value is -2.21. The quantitative estimate of drug-likeness (QED) is 0.767. The number of aromatic nitrogens is 3. The lowest BCUT2D eigenvalue weighted by molar-refractivity contribution is 0.102. The molecule has 3 aromatic rings. The van der Waals surface area contributed by atoms with Crippen molar-refractivity contribution in [3.05, 3.63) is 41.5 Å². The van der Waals surface area contributed by atoms with Crippen LogP contribution in [0, 0.1) is 0 Å². The Morgan fingerprint density at radius 2 is 2.28 bits per heavy atom. The van der Waals surface area contributed by atoms with Gasteiger partial charge in [-0.1, -0.05) is 0 Å². The fraction of sp³-hybridized carbons (Fsp3) is 0.0833. The zero-order valence-electron chi connectivity index (χ0n) is 9.62. The number of benzene rings is 1. The van der Waals surface area contributed by atoms with Gasteiger partial charge in [-0.05, 0) is 18.2 Å². The van der Waals surface area contributed by atoms with Crippen LogP contribution < -0.4 is 5.32 Å². The maximum absolute atomic E-state index is 12.0. The minimum Gasteiger partial charge on any atom is -0.305 e. The molecule has 0 atom stereocenters. The zero-order valence-corrected chi connectivity index (χ0v) is 10.4. The van der Waals surface area contributed by atoms with E-state index < -0.39 is 0 Å². The summed E-state index contributed by atoms with van der Waals surface area (Å²) in [7, 11) is 1.80. The van der Waals surface area contributed by atoms with Gasteiger partial charge in [0.2, 0.25) is 0 Å². The van der Waals surface area contributed by atoms with Crippen LogP contribution in [0.15, 0.2) is 36.0 Å². The summed E-state index contributed by atoms with van der Waals surface area (Å²) >= 11 is 1.52. The first-order chi connectivity index (χ1) is 8.72. The highest BCUT2D eigenvalue weighted by Gasteiger charge is 2.09. The molecule has 0 bridgehead atoms. The van der Waals surface area contributed by atoms with Gasteiger partial charge in [-0.25, -0.2) is 4.98 Å². The maximum atomic E-state index is 12.0. The Balaban J connectivity index is 1.87. The minimum absolute atomic E-state index is 0.163. The molecule has 0 unspecified atom stereocenters. The summed E-state index contributed by atoms with van der Waals surface area (Å²) in [6.07, 6.45) is 1.78. The molecule has 0 aliphatic heterocycles. The van der Waals surface area contributed by atoms with Crippen LogP contribution in [0.4, 0.5) is 5.82 Å². The van der Waals surface area contributed by atoms with Crippen molar-refractivity contribution in [2.75, 3.05) is 5.32 Å². The van der Waals surface area contributed by atoms with Gasteiger partial charge in [0.1, 0.15) is 0 Å². The number of fused-ring (bicyclic) bond motifs is 1. The average Bonchev–Trinajstić information content (AvgIpc) is 2.96. The first-order valence-corrected chi connectivity index (χ1v) is 6.24. The zero-order chi connectivity index (χ0) is 12.5. The van der Waals surface area contributed by atoms with Crippen LogP contribution in [-0.4, -0.2) is 20.7 Å². The van der Waals surface area contributed by atoms with Gasteiger partial charge in [-0.15, -0.1) is 11.3 Å². The van der Waals surface area contributed by atoms with Crippen molar-refractivity contribution in [1.82, 2.24) is 14.8 Å². The number of nitrogens with one attached hydrogen (secondary N) is 1. The van der Waals surface area contributed by atoms with E-state index in [0.717, 1.165) is 10.2 Å². The summed E-state index contributed by atoms with van der Waals surface area (Å²) in [4.78, 5) is 16.2. The predicted octanol–water partition coefficient (Wildman–Crippen LogP) is 2.28. The van der Waals surface area contributed by atoms with Crippen LogP contribution in [0.2, 0.25) is 0 Å². The molecule has 0 saturated heterocycles. The van der Waals surface area contributed by atoms with Crippen LogP contribution in [0.3, 0.4) is 0 Å². The molecule has 0 fully saturated rings. The monoisotopic (exact) mass is 258 g/mol. The van der Waals surface area contributed by atoms with E-state index in [2.05, 4.69) is 15.4 Å². The Kier molecular flexibility index (Phi) is 2.56. The largest absolute Gasteiger partial charge is 0.305 e. The van der Waals surface area contributed by atoms with E-state index in [4.69, 9.17) is 0 Å². The molecule has 3 rings (SSSR count). The van der Waals surface area contributed by atoms with Crippen molar-refractivity contribution in [2.45, 2.75) is 0 Å². The maximum Gasteiger partial charge on any atom is 0.256 e. The summed E-state index contributed by atoms with van der Waals surface area (Å²) in [5.41, 5.74) is 3.29. The molecule has 0 aliphatic carbocycles. The first-order valence-electron chi connectivity index (χ1n) is 5.36. The third kappa shape index (κ3) is 1.98. The fourth-order valence-corrected chi connectivity index (χ4v) is 2.38. The number of aryl methyl sites for hydroxylation is 1. The summed E-state index contributed by atoms with van der Waals surface area (Å²) in [5, 5.41) is 6.85. The number of carbonyl (C=O) groups is 1. The van der Waals surface area contributed by atoms with Crippen molar-refractivity contribution in [1.29, 1.82) is 0 Å². The predicted molar refractivity (Wildman–Crippen MR) is 70.8 cm³/mol. The van der Waals surface area contributed by atoms with Crippen LogP contribution in [0.5, 0.6) is 0 Å². The molecule has 5 nitrogen and oxygen atoms in total. The highest BCUT2D eigenvalue weighted by atomic mass is 32.1. The smallest absolute Gasteiger partial charge is 0.256 e. The molecule has 1 amide bonds. The summed E-state index contributed by atoms with van der Waals surface area (Å²) in [5.74, 6) is 0.385. The first kappa shape index (κ1) is 10.9. The van der Waals surface area contributed by atoms with Gasteiger partial charge in [0.05, 0.1) is 15.7 Å². The van der Waals surface area contributed by atoms with E-state index in [0.29, 0.717) is 11.4 Å². The Bertz CT molecular complexity index is 716. The van der Waals surface area contributed by atoms with Crippen molar-refractivity contribution >= 4 is 33.3 Å². The lowest BCUT2D eigenvalue weighted by Gasteiger charge is -2.01. The van der Waals surface area contributed by atoms with Gasteiger partial charge in [-0.3, -0.25) is 9.48 Å². The van der Waals surface area contributed by atoms with Gasteiger partial charge in [0.15, 0.2) is 5.82 Å². The van der Waals surface area contributed by atoms with E-state index in [-0.39, 0.29) is 5.91 Å². The molecule has 2 heterocycles. The van der Waals surface area contributed by atoms with Crippen molar-refractivity contribution in [3.8, 4) is 0 Å². The lowest BCUT2D eigenvalue weighted by Crippen LogP contribution is -2.12. The van der Waals surface area contributed by atoms with Crippen LogP contribution >= 0.6 is 11.3 Å². The third-order valence-corrected chi connectivity index (χ3v) is 3.34. The summed E-state index contributed by atoms with van der Waals surface area (Å²) in [6.45, 7) is 0. The molecule has 6 heteroatoms. The number of hydrogen-bond acceptors (Lipinski definition) is 4. The van der Waals surface area contributed by atoms with Gasteiger partial charge >= 0.3 is 0 Å². The van der Waals surface area contributed by atoms with Gasteiger partial charge in [0, 0.05) is 24.9 Å². The number of carbonyl (C=O) groups excluding carboxylic acids is 1. The third-order valence-electron chi connectivity index (χ3n) is 2.55. The van der Waals surface area contributed by atoms with Gasteiger partial charge in [-0.2, -0.15) is 5.10 Å². The summed E-state index contributed by atoms with van der Waals surface area (Å²) < 4.78 is 2.64. The lowest BCUT2D eigenvalue weighted by atomic mass is 10.2. The molecule has 0 saturated carbocycles. The number of thiazole rings is 1. The number of hydrogen-bond donors (Lipinski definition) is 1. The second-order valence-electron chi connectivity index (χ2n) is 3.86. The van der Waals surface area contributed by atoms with Crippen LogP contribution in [0.1, 0.15) is 10.4 Å². The molecular formula is C12H10N4OS. The minimum atomic E-state index is -0.163. The molecular weight excluding hydrogens is 248 g/mol. The van der Waals surface area contributed by atoms with E-state index in [1.54, 1.807) is 35.6 Å². The van der Waals surface area contributed by atoms with E-state index in [9.17, 15) is 4.79 Å². The number of anilines is 1.